The van der Waals surface area contributed by atoms with Crippen LogP contribution < -0.4 is 14.8 Å². The lowest BCUT2D eigenvalue weighted by atomic mass is 9.95. The topological polar surface area (TPSA) is 54.3 Å². The standard InChI is InChI=1S/C16H24N2O2/c1-12(2)18-16(4,11-17)10-13(3)20-15-9-7-6-8-14(15)19-5/h6-9,12-13,18H,10H2,1-5H3. The van der Waals surface area contributed by atoms with Gasteiger partial charge in [-0.2, -0.15) is 5.26 Å². The molecule has 20 heavy (non-hydrogen) atoms. The van der Waals surface area contributed by atoms with Crippen molar-refractivity contribution in [1.82, 2.24) is 5.32 Å². The van der Waals surface area contributed by atoms with Gasteiger partial charge in [0.1, 0.15) is 5.54 Å². The second-order valence-electron chi connectivity index (χ2n) is 5.53. The molecule has 2 unspecified atom stereocenters. The molecule has 0 saturated heterocycles. The maximum absolute atomic E-state index is 9.36. The Morgan fingerprint density at radius 2 is 1.85 bits per heavy atom. The van der Waals surface area contributed by atoms with Gasteiger partial charge in [-0.3, -0.25) is 5.32 Å². The molecular weight excluding hydrogens is 252 g/mol. The third-order valence-electron chi connectivity index (χ3n) is 2.95. The summed E-state index contributed by atoms with van der Waals surface area (Å²) >= 11 is 0. The lowest BCUT2D eigenvalue weighted by molar-refractivity contribution is 0.170. The van der Waals surface area contributed by atoms with E-state index in [1.165, 1.54) is 0 Å². The molecule has 0 aliphatic carbocycles. The van der Waals surface area contributed by atoms with Gasteiger partial charge in [0.05, 0.1) is 19.3 Å². The monoisotopic (exact) mass is 276 g/mol. The van der Waals surface area contributed by atoms with Crippen molar-refractivity contribution in [2.24, 2.45) is 0 Å². The summed E-state index contributed by atoms with van der Waals surface area (Å²) in [6.45, 7) is 7.92. The van der Waals surface area contributed by atoms with Crippen LogP contribution in [0.15, 0.2) is 24.3 Å². The number of nitriles is 1. The van der Waals surface area contributed by atoms with Crippen molar-refractivity contribution < 1.29 is 9.47 Å². The minimum Gasteiger partial charge on any atom is -0.493 e. The van der Waals surface area contributed by atoms with E-state index in [1.54, 1.807) is 7.11 Å². The molecule has 0 amide bonds. The Morgan fingerprint density at radius 3 is 2.35 bits per heavy atom. The van der Waals surface area contributed by atoms with Crippen LogP contribution in [0.4, 0.5) is 0 Å². The van der Waals surface area contributed by atoms with Crippen LogP contribution in [0.5, 0.6) is 11.5 Å². The maximum Gasteiger partial charge on any atom is 0.161 e. The zero-order valence-corrected chi connectivity index (χ0v) is 12.9. The smallest absolute Gasteiger partial charge is 0.161 e. The van der Waals surface area contributed by atoms with E-state index >= 15 is 0 Å². The normalized spacial score (nSPS) is 15.2. The number of nitrogens with one attached hydrogen (secondary N) is 1. The van der Waals surface area contributed by atoms with Gasteiger partial charge in [-0.15, -0.1) is 0 Å². The fraction of sp³-hybridized carbons (Fsp3) is 0.562. The number of nitrogens with zero attached hydrogens (tertiary/aromatic N) is 1. The quantitative estimate of drug-likeness (QED) is 0.831. The van der Waals surface area contributed by atoms with E-state index in [-0.39, 0.29) is 12.1 Å². The molecule has 1 N–H and O–H groups in total. The molecule has 1 rings (SSSR count). The highest BCUT2D eigenvalue weighted by molar-refractivity contribution is 5.39. The second kappa shape index (κ2) is 7.16. The maximum atomic E-state index is 9.36. The van der Waals surface area contributed by atoms with Crippen molar-refractivity contribution in [3.8, 4) is 17.6 Å². The van der Waals surface area contributed by atoms with Gasteiger partial charge >= 0.3 is 0 Å². The zero-order chi connectivity index (χ0) is 15.2. The Labute approximate surface area is 121 Å². The summed E-state index contributed by atoms with van der Waals surface area (Å²) in [5.41, 5.74) is -0.602. The molecule has 0 aliphatic heterocycles. The Kier molecular flexibility index (Phi) is 5.84. The molecule has 1 aromatic rings. The Morgan fingerprint density at radius 1 is 1.25 bits per heavy atom. The van der Waals surface area contributed by atoms with E-state index in [4.69, 9.17) is 9.47 Å². The third kappa shape index (κ3) is 4.75. The molecule has 0 heterocycles. The molecule has 0 spiro atoms. The molecule has 0 saturated carbocycles. The van der Waals surface area contributed by atoms with Crippen molar-refractivity contribution in [2.75, 3.05) is 7.11 Å². The van der Waals surface area contributed by atoms with E-state index in [9.17, 15) is 5.26 Å². The van der Waals surface area contributed by atoms with Crippen LogP contribution in [-0.2, 0) is 0 Å². The van der Waals surface area contributed by atoms with Gasteiger partial charge in [0.2, 0.25) is 0 Å². The van der Waals surface area contributed by atoms with E-state index in [0.29, 0.717) is 17.9 Å². The molecule has 4 nitrogen and oxygen atoms in total. The van der Waals surface area contributed by atoms with Crippen molar-refractivity contribution in [3.63, 3.8) is 0 Å². The first-order valence-corrected chi connectivity index (χ1v) is 6.89. The number of rotatable bonds is 7. The zero-order valence-electron chi connectivity index (χ0n) is 12.9. The number of benzene rings is 1. The van der Waals surface area contributed by atoms with Crippen molar-refractivity contribution >= 4 is 0 Å². The highest BCUT2D eigenvalue weighted by Crippen LogP contribution is 2.28. The van der Waals surface area contributed by atoms with E-state index < -0.39 is 5.54 Å². The van der Waals surface area contributed by atoms with Crippen LogP contribution in [0.3, 0.4) is 0 Å². The van der Waals surface area contributed by atoms with Crippen molar-refractivity contribution in [2.45, 2.75) is 51.8 Å². The molecular formula is C16H24N2O2. The van der Waals surface area contributed by atoms with Gasteiger partial charge in [-0.1, -0.05) is 12.1 Å². The Bertz CT molecular complexity index is 468. The number of para-hydroxylation sites is 2. The van der Waals surface area contributed by atoms with Crippen LogP contribution in [0.1, 0.15) is 34.1 Å². The van der Waals surface area contributed by atoms with Crippen LogP contribution in [-0.4, -0.2) is 24.8 Å². The van der Waals surface area contributed by atoms with Gasteiger partial charge in [0, 0.05) is 12.5 Å². The minimum absolute atomic E-state index is 0.0952. The van der Waals surface area contributed by atoms with Crippen LogP contribution >= 0.6 is 0 Å². The molecule has 4 heteroatoms. The predicted octanol–water partition coefficient (Wildman–Crippen LogP) is 3.13. The van der Waals surface area contributed by atoms with Crippen LogP contribution in [0, 0.1) is 11.3 Å². The summed E-state index contributed by atoms with van der Waals surface area (Å²) < 4.78 is 11.2. The molecule has 110 valence electrons. The average Bonchev–Trinajstić information content (AvgIpc) is 2.38. The number of methoxy groups -OCH3 is 1. The van der Waals surface area contributed by atoms with E-state index in [0.717, 1.165) is 0 Å². The fourth-order valence-electron chi connectivity index (χ4n) is 2.32. The van der Waals surface area contributed by atoms with Crippen LogP contribution in [0.25, 0.3) is 0 Å². The molecule has 0 radical (unpaired) electrons. The first kappa shape index (κ1) is 16.3. The molecule has 0 aromatic heterocycles. The summed E-state index contributed by atoms with van der Waals surface area (Å²) in [5, 5.41) is 12.6. The Balaban J connectivity index is 2.71. The van der Waals surface area contributed by atoms with Crippen molar-refractivity contribution in [1.29, 1.82) is 5.26 Å². The lowest BCUT2D eigenvalue weighted by Gasteiger charge is -2.29. The average molecular weight is 276 g/mol. The van der Waals surface area contributed by atoms with Gasteiger partial charge in [0.15, 0.2) is 11.5 Å². The third-order valence-corrected chi connectivity index (χ3v) is 2.95. The minimum atomic E-state index is -0.602. The number of hydrogen-bond donors (Lipinski definition) is 1. The summed E-state index contributed by atoms with van der Waals surface area (Å²) in [4.78, 5) is 0. The largest absolute Gasteiger partial charge is 0.493 e. The summed E-state index contributed by atoms with van der Waals surface area (Å²) in [5.74, 6) is 1.40. The molecule has 1 aromatic carbocycles. The van der Waals surface area contributed by atoms with E-state index in [1.807, 2.05) is 52.0 Å². The summed E-state index contributed by atoms with van der Waals surface area (Å²) in [7, 11) is 1.62. The van der Waals surface area contributed by atoms with Crippen LogP contribution in [0.2, 0.25) is 0 Å². The number of ether oxygens (including phenoxy) is 2. The molecule has 0 aliphatic rings. The van der Waals surface area contributed by atoms with Crippen molar-refractivity contribution in [3.05, 3.63) is 24.3 Å². The Hall–Kier alpha value is -1.73. The van der Waals surface area contributed by atoms with Gasteiger partial charge in [0.25, 0.3) is 0 Å². The van der Waals surface area contributed by atoms with E-state index in [2.05, 4.69) is 11.4 Å². The SMILES string of the molecule is COc1ccccc1OC(C)CC(C)(C#N)NC(C)C. The van der Waals surface area contributed by atoms with Gasteiger partial charge in [-0.05, 0) is 39.8 Å². The van der Waals surface area contributed by atoms with Gasteiger partial charge < -0.3 is 9.47 Å². The molecule has 2 atom stereocenters. The van der Waals surface area contributed by atoms with Gasteiger partial charge in [-0.25, -0.2) is 0 Å². The molecule has 0 fully saturated rings. The lowest BCUT2D eigenvalue weighted by Crippen LogP contribution is -2.47. The summed E-state index contributed by atoms with van der Waals surface area (Å²) in [6.07, 6.45) is 0.502. The summed E-state index contributed by atoms with van der Waals surface area (Å²) in [6, 6.07) is 10.1. The highest BCUT2D eigenvalue weighted by Gasteiger charge is 2.28. The number of hydrogen-bond acceptors (Lipinski definition) is 4. The highest BCUT2D eigenvalue weighted by atomic mass is 16.5. The molecule has 0 bridgehead atoms. The first-order valence-electron chi connectivity index (χ1n) is 6.89. The fourth-order valence-corrected chi connectivity index (χ4v) is 2.32. The first-order chi connectivity index (χ1) is 9.40. The predicted molar refractivity (Wildman–Crippen MR) is 80.0 cm³/mol. The second-order valence-corrected chi connectivity index (χ2v) is 5.53.